The highest BCUT2D eigenvalue weighted by Gasteiger charge is 2.33. The minimum absolute atomic E-state index is 0.0263. The van der Waals surface area contributed by atoms with Gasteiger partial charge in [-0.25, -0.2) is 13.4 Å². The topological polar surface area (TPSA) is 67.3 Å². The Kier molecular flexibility index (Phi) is 5.12. The molecular formula is C19H18N2O3S3. The van der Waals surface area contributed by atoms with Crippen molar-refractivity contribution in [3.63, 3.8) is 0 Å². The Morgan fingerprint density at radius 3 is 2.63 bits per heavy atom. The van der Waals surface area contributed by atoms with E-state index in [1.807, 2.05) is 53.2 Å². The molecular weight excluding hydrogens is 400 g/mol. The smallest absolute Gasteiger partial charge is 0.282 e. The number of hydrogen-bond acceptors (Lipinski definition) is 6. The molecule has 0 spiro atoms. The zero-order chi connectivity index (χ0) is 18.9. The second-order valence-corrected chi connectivity index (χ2v) is 10.5. The van der Waals surface area contributed by atoms with Gasteiger partial charge in [0.15, 0.2) is 14.8 Å². The van der Waals surface area contributed by atoms with Gasteiger partial charge in [0.2, 0.25) is 0 Å². The van der Waals surface area contributed by atoms with E-state index in [2.05, 4.69) is 4.98 Å². The van der Waals surface area contributed by atoms with Crippen LogP contribution in [0.25, 0.3) is 10.6 Å². The first-order valence-corrected chi connectivity index (χ1v) is 12.1. The fourth-order valence-electron chi connectivity index (χ4n) is 3.23. The first-order valence-electron chi connectivity index (χ1n) is 8.60. The van der Waals surface area contributed by atoms with E-state index in [1.54, 1.807) is 16.2 Å². The van der Waals surface area contributed by atoms with Crippen LogP contribution in [0.3, 0.4) is 0 Å². The molecule has 5 nitrogen and oxygen atoms in total. The number of hydrogen-bond donors (Lipinski definition) is 0. The van der Waals surface area contributed by atoms with E-state index in [9.17, 15) is 13.2 Å². The van der Waals surface area contributed by atoms with Gasteiger partial charge in [0.1, 0.15) is 0 Å². The summed E-state index contributed by atoms with van der Waals surface area (Å²) in [7, 11) is -3.30. The summed E-state index contributed by atoms with van der Waals surface area (Å²) in [5.74, 6) is -0.215. The van der Waals surface area contributed by atoms with E-state index in [0.29, 0.717) is 18.0 Å². The Morgan fingerprint density at radius 1 is 1.07 bits per heavy atom. The average Bonchev–Trinajstić information content (AvgIpc) is 3.33. The van der Waals surface area contributed by atoms with Gasteiger partial charge in [0.25, 0.3) is 5.91 Å². The molecule has 1 saturated heterocycles. The van der Waals surface area contributed by atoms with Gasteiger partial charge in [-0.05, 0) is 23.4 Å². The molecule has 1 amide bonds. The molecule has 1 atom stereocenters. The lowest BCUT2D eigenvalue weighted by molar-refractivity contribution is 0.0766. The zero-order valence-electron chi connectivity index (χ0n) is 14.4. The van der Waals surface area contributed by atoms with Gasteiger partial charge >= 0.3 is 0 Å². The number of thiazole rings is 1. The van der Waals surface area contributed by atoms with Crippen molar-refractivity contribution in [2.75, 3.05) is 18.8 Å². The molecule has 1 fully saturated rings. The number of amides is 1. The van der Waals surface area contributed by atoms with Crippen LogP contribution in [0.4, 0.5) is 0 Å². The number of sulfone groups is 1. The lowest BCUT2D eigenvalue weighted by atomic mass is 10.1. The zero-order valence-corrected chi connectivity index (χ0v) is 16.9. The van der Waals surface area contributed by atoms with Crippen molar-refractivity contribution in [2.24, 2.45) is 0 Å². The number of nitrogens with zero attached hydrogens (tertiary/aromatic N) is 2. The molecule has 2 aromatic heterocycles. The maximum Gasteiger partial charge on any atom is 0.282 e. The second kappa shape index (κ2) is 7.53. The van der Waals surface area contributed by atoms with E-state index >= 15 is 0 Å². The maximum atomic E-state index is 12.9. The van der Waals surface area contributed by atoms with Crippen LogP contribution < -0.4 is 0 Å². The Bertz CT molecular complexity index is 1030. The molecule has 0 N–H and O–H groups in total. The monoisotopic (exact) mass is 418 g/mol. The SMILES string of the molecule is O=C(c1nc(-c2cccs2)cs1)N1CCC(c2ccccc2)S(=O)(=O)CC1. The Labute approximate surface area is 166 Å². The van der Waals surface area contributed by atoms with Crippen LogP contribution in [0.1, 0.15) is 27.0 Å². The van der Waals surface area contributed by atoms with Gasteiger partial charge in [-0.2, -0.15) is 0 Å². The van der Waals surface area contributed by atoms with Crippen molar-refractivity contribution in [1.82, 2.24) is 9.88 Å². The largest absolute Gasteiger partial charge is 0.336 e. The van der Waals surface area contributed by atoms with Crippen LogP contribution in [0.2, 0.25) is 0 Å². The summed E-state index contributed by atoms with van der Waals surface area (Å²) in [4.78, 5) is 20.0. The molecule has 4 rings (SSSR count). The van der Waals surface area contributed by atoms with E-state index in [-0.39, 0.29) is 18.2 Å². The predicted molar refractivity (Wildman–Crippen MR) is 109 cm³/mol. The number of aromatic nitrogens is 1. The lowest BCUT2D eigenvalue weighted by Gasteiger charge is -2.18. The van der Waals surface area contributed by atoms with Gasteiger partial charge in [-0.15, -0.1) is 22.7 Å². The highest BCUT2D eigenvalue weighted by atomic mass is 32.2. The Hall–Kier alpha value is -2.03. The van der Waals surface area contributed by atoms with Crippen molar-refractivity contribution >= 4 is 38.4 Å². The van der Waals surface area contributed by atoms with Crippen LogP contribution in [0.5, 0.6) is 0 Å². The van der Waals surface area contributed by atoms with E-state index in [4.69, 9.17) is 0 Å². The van der Waals surface area contributed by atoms with Crippen molar-refractivity contribution in [2.45, 2.75) is 11.7 Å². The molecule has 0 saturated carbocycles. The highest BCUT2D eigenvalue weighted by Crippen LogP contribution is 2.31. The molecule has 1 unspecified atom stereocenters. The molecule has 1 aliphatic heterocycles. The maximum absolute atomic E-state index is 12.9. The predicted octanol–water partition coefficient (Wildman–Crippen LogP) is 3.87. The third kappa shape index (κ3) is 3.83. The van der Waals surface area contributed by atoms with Crippen LogP contribution in [-0.4, -0.2) is 43.1 Å². The number of carbonyl (C=O) groups is 1. The standard InChI is InChI=1S/C19H18N2O3S3/c22-19(18-20-15(13-26-18)16-7-4-11-25-16)21-9-8-17(27(23,24)12-10-21)14-5-2-1-3-6-14/h1-7,11,13,17H,8-10,12H2. The van der Waals surface area contributed by atoms with Gasteiger partial charge in [-0.3, -0.25) is 4.79 Å². The van der Waals surface area contributed by atoms with Crippen molar-refractivity contribution in [3.05, 3.63) is 63.8 Å². The molecule has 1 aliphatic rings. The molecule has 0 bridgehead atoms. The highest BCUT2D eigenvalue weighted by molar-refractivity contribution is 7.91. The summed E-state index contributed by atoms with van der Waals surface area (Å²) >= 11 is 2.89. The van der Waals surface area contributed by atoms with Crippen LogP contribution >= 0.6 is 22.7 Å². The summed E-state index contributed by atoms with van der Waals surface area (Å²) in [5.41, 5.74) is 1.59. The van der Waals surface area contributed by atoms with Gasteiger partial charge in [-0.1, -0.05) is 36.4 Å². The van der Waals surface area contributed by atoms with Gasteiger partial charge < -0.3 is 4.90 Å². The molecule has 0 radical (unpaired) electrons. The van der Waals surface area contributed by atoms with E-state index in [0.717, 1.165) is 16.1 Å². The number of thiophene rings is 1. The molecule has 8 heteroatoms. The molecule has 3 heterocycles. The lowest BCUT2D eigenvalue weighted by Crippen LogP contribution is -2.33. The van der Waals surface area contributed by atoms with Crippen molar-refractivity contribution in [3.8, 4) is 10.6 Å². The van der Waals surface area contributed by atoms with Crippen molar-refractivity contribution in [1.29, 1.82) is 0 Å². The fourth-order valence-corrected chi connectivity index (χ4v) is 6.57. The molecule has 27 heavy (non-hydrogen) atoms. The number of rotatable bonds is 3. The first kappa shape index (κ1) is 18.3. The fraction of sp³-hybridized carbons (Fsp3) is 0.263. The van der Waals surface area contributed by atoms with Crippen LogP contribution in [0, 0.1) is 0 Å². The van der Waals surface area contributed by atoms with Crippen molar-refractivity contribution < 1.29 is 13.2 Å². The Morgan fingerprint density at radius 2 is 1.89 bits per heavy atom. The summed E-state index contributed by atoms with van der Waals surface area (Å²) in [6.45, 7) is 0.615. The first-order chi connectivity index (χ1) is 13.0. The second-order valence-electron chi connectivity index (χ2n) is 6.36. The summed E-state index contributed by atoms with van der Waals surface area (Å²) in [5, 5.41) is 3.70. The van der Waals surface area contributed by atoms with E-state index in [1.165, 1.54) is 11.3 Å². The van der Waals surface area contributed by atoms with Crippen LogP contribution in [-0.2, 0) is 9.84 Å². The number of carbonyl (C=O) groups excluding carboxylic acids is 1. The molecule has 140 valence electrons. The summed E-state index contributed by atoms with van der Waals surface area (Å²) < 4.78 is 25.4. The quantitative estimate of drug-likeness (QED) is 0.647. The molecule has 3 aromatic rings. The average molecular weight is 419 g/mol. The van der Waals surface area contributed by atoms with Gasteiger partial charge in [0.05, 0.1) is 21.6 Å². The minimum atomic E-state index is -3.30. The molecule has 1 aromatic carbocycles. The summed E-state index contributed by atoms with van der Waals surface area (Å²) in [6.07, 6.45) is 0.404. The molecule has 0 aliphatic carbocycles. The summed E-state index contributed by atoms with van der Waals surface area (Å²) in [6, 6.07) is 13.2. The third-order valence-electron chi connectivity index (χ3n) is 4.66. The van der Waals surface area contributed by atoms with Crippen LogP contribution in [0.15, 0.2) is 53.2 Å². The normalized spacial score (nSPS) is 19.6. The third-order valence-corrected chi connectivity index (χ3v) is 8.51. The van der Waals surface area contributed by atoms with Gasteiger partial charge in [0, 0.05) is 18.5 Å². The number of benzene rings is 1. The minimum Gasteiger partial charge on any atom is -0.336 e. The Balaban J connectivity index is 1.53. The van der Waals surface area contributed by atoms with E-state index < -0.39 is 15.1 Å².